The number of nitrogens with two attached hydrogens (primary N) is 1. The van der Waals surface area contributed by atoms with Gasteiger partial charge in [0.15, 0.2) is 0 Å². The Morgan fingerprint density at radius 1 is 1.29 bits per heavy atom. The second kappa shape index (κ2) is 6.74. The number of hydrogen-bond acceptors (Lipinski definition) is 3. The van der Waals surface area contributed by atoms with Crippen LogP contribution in [0.25, 0.3) is 0 Å². The van der Waals surface area contributed by atoms with E-state index in [0.717, 1.165) is 6.42 Å². The van der Waals surface area contributed by atoms with Gasteiger partial charge < -0.3 is 10.8 Å². The van der Waals surface area contributed by atoms with Gasteiger partial charge in [0, 0.05) is 18.6 Å². The van der Waals surface area contributed by atoms with E-state index >= 15 is 0 Å². The molecule has 0 aliphatic carbocycles. The highest BCUT2D eigenvalue weighted by molar-refractivity contribution is 5.25. The lowest BCUT2D eigenvalue weighted by atomic mass is 9.96. The molecular weight excluding hydrogens is 212 g/mol. The maximum absolute atomic E-state index is 9.05. The van der Waals surface area contributed by atoms with Crippen molar-refractivity contribution in [2.45, 2.75) is 32.4 Å². The molecule has 2 atom stereocenters. The van der Waals surface area contributed by atoms with Crippen LogP contribution in [0.4, 0.5) is 0 Å². The fraction of sp³-hybridized carbons (Fsp3) is 0.571. The molecule has 3 nitrogen and oxygen atoms in total. The van der Waals surface area contributed by atoms with Crippen molar-refractivity contribution in [1.29, 1.82) is 0 Å². The third-order valence-electron chi connectivity index (χ3n) is 3.22. The van der Waals surface area contributed by atoms with E-state index < -0.39 is 0 Å². The van der Waals surface area contributed by atoms with Crippen molar-refractivity contribution in [2.24, 2.45) is 5.73 Å². The van der Waals surface area contributed by atoms with E-state index in [-0.39, 0.29) is 18.7 Å². The van der Waals surface area contributed by atoms with Gasteiger partial charge in [0.1, 0.15) is 0 Å². The monoisotopic (exact) mass is 236 g/mol. The van der Waals surface area contributed by atoms with Gasteiger partial charge in [0.25, 0.3) is 0 Å². The van der Waals surface area contributed by atoms with Crippen LogP contribution in [-0.4, -0.2) is 36.2 Å². The molecule has 96 valence electrons. The standard InChI is InChI=1S/C14H24N2O/c1-4-13(15)14(16(3)9-10-17)12-7-5-11(2)6-8-12/h5-8,13-14,17H,4,9-10,15H2,1-3H3. The van der Waals surface area contributed by atoms with Gasteiger partial charge in [-0.2, -0.15) is 0 Å². The molecular formula is C14H24N2O. The van der Waals surface area contributed by atoms with Crippen LogP contribution in [0, 0.1) is 6.92 Å². The Balaban J connectivity index is 2.93. The highest BCUT2D eigenvalue weighted by Crippen LogP contribution is 2.23. The number of likely N-dealkylation sites (N-methyl/N-ethyl adjacent to an activating group) is 1. The first-order chi connectivity index (χ1) is 8.10. The average Bonchev–Trinajstić information content (AvgIpc) is 2.32. The molecule has 0 saturated heterocycles. The Bertz CT molecular complexity index is 323. The largest absolute Gasteiger partial charge is 0.395 e. The van der Waals surface area contributed by atoms with Gasteiger partial charge >= 0.3 is 0 Å². The summed E-state index contributed by atoms with van der Waals surface area (Å²) in [4.78, 5) is 2.12. The van der Waals surface area contributed by atoms with E-state index in [2.05, 4.69) is 43.0 Å². The first kappa shape index (κ1) is 14.2. The summed E-state index contributed by atoms with van der Waals surface area (Å²) in [6, 6.07) is 8.74. The number of aliphatic hydroxyl groups is 1. The zero-order valence-electron chi connectivity index (χ0n) is 11.1. The second-order valence-electron chi connectivity index (χ2n) is 4.63. The Morgan fingerprint density at radius 3 is 2.35 bits per heavy atom. The summed E-state index contributed by atoms with van der Waals surface area (Å²) in [6.07, 6.45) is 0.925. The quantitative estimate of drug-likeness (QED) is 0.790. The molecule has 1 aromatic rings. The number of aryl methyl sites for hydroxylation is 1. The Hall–Kier alpha value is -0.900. The summed E-state index contributed by atoms with van der Waals surface area (Å²) in [5.74, 6) is 0. The smallest absolute Gasteiger partial charge is 0.0558 e. The van der Waals surface area contributed by atoms with E-state index in [4.69, 9.17) is 10.8 Å². The van der Waals surface area contributed by atoms with E-state index in [1.807, 2.05) is 7.05 Å². The van der Waals surface area contributed by atoms with E-state index in [0.29, 0.717) is 6.54 Å². The summed E-state index contributed by atoms with van der Waals surface area (Å²) in [5, 5.41) is 9.05. The van der Waals surface area contributed by atoms with Gasteiger partial charge in [-0.1, -0.05) is 36.8 Å². The van der Waals surface area contributed by atoms with Gasteiger partial charge in [-0.25, -0.2) is 0 Å². The van der Waals surface area contributed by atoms with Crippen molar-refractivity contribution >= 4 is 0 Å². The predicted octanol–water partition coefficient (Wildman–Crippen LogP) is 1.70. The zero-order valence-corrected chi connectivity index (χ0v) is 11.1. The van der Waals surface area contributed by atoms with E-state index in [1.54, 1.807) is 0 Å². The molecule has 0 aliphatic rings. The van der Waals surface area contributed by atoms with Crippen molar-refractivity contribution in [3.63, 3.8) is 0 Å². The summed E-state index contributed by atoms with van der Waals surface area (Å²) in [5.41, 5.74) is 8.67. The third-order valence-corrected chi connectivity index (χ3v) is 3.22. The average molecular weight is 236 g/mol. The molecule has 0 radical (unpaired) electrons. The van der Waals surface area contributed by atoms with Crippen LogP contribution in [0.5, 0.6) is 0 Å². The molecule has 3 heteroatoms. The first-order valence-electron chi connectivity index (χ1n) is 6.23. The van der Waals surface area contributed by atoms with E-state index in [9.17, 15) is 0 Å². The Morgan fingerprint density at radius 2 is 1.88 bits per heavy atom. The summed E-state index contributed by atoms with van der Waals surface area (Å²) in [7, 11) is 2.01. The third kappa shape index (κ3) is 3.80. The zero-order chi connectivity index (χ0) is 12.8. The minimum absolute atomic E-state index is 0.0919. The Kier molecular flexibility index (Phi) is 5.62. The maximum atomic E-state index is 9.05. The van der Waals surface area contributed by atoms with Crippen LogP contribution in [0.2, 0.25) is 0 Å². The van der Waals surface area contributed by atoms with Crippen LogP contribution in [0.3, 0.4) is 0 Å². The molecule has 0 heterocycles. The van der Waals surface area contributed by atoms with Gasteiger partial charge in [0.2, 0.25) is 0 Å². The van der Waals surface area contributed by atoms with Gasteiger partial charge in [-0.05, 0) is 26.0 Å². The van der Waals surface area contributed by atoms with Gasteiger partial charge in [-0.15, -0.1) is 0 Å². The normalized spacial score (nSPS) is 14.9. The topological polar surface area (TPSA) is 49.5 Å². The maximum Gasteiger partial charge on any atom is 0.0558 e. The number of rotatable bonds is 6. The van der Waals surface area contributed by atoms with Crippen LogP contribution in [0.15, 0.2) is 24.3 Å². The Labute approximate surface area is 104 Å². The number of aliphatic hydroxyl groups excluding tert-OH is 1. The molecule has 3 N–H and O–H groups in total. The number of hydrogen-bond donors (Lipinski definition) is 2. The van der Waals surface area contributed by atoms with Crippen molar-refractivity contribution in [2.75, 3.05) is 20.2 Å². The highest BCUT2D eigenvalue weighted by Gasteiger charge is 2.22. The molecule has 1 aromatic carbocycles. The van der Waals surface area contributed by atoms with Crippen molar-refractivity contribution < 1.29 is 5.11 Å². The molecule has 0 saturated carbocycles. The summed E-state index contributed by atoms with van der Waals surface area (Å²) >= 11 is 0. The lowest BCUT2D eigenvalue weighted by Gasteiger charge is -2.32. The van der Waals surface area contributed by atoms with E-state index in [1.165, 1.54) is 11.1 Å². The molecule has 0 aliphatic heterocycles. The summed E-state index contributed by atoms with van der Waals surface area (Å²) in [6.45, 7) is 4.98. The lowest BCUT2D eigenvalue weighted by molar-refractivity contribution is 0.162. The lowest BCUT2D eigenvalue weighted by Crippen LogP contribution is -2.40. The van der Waals surface area contributed by atoms with Crippen LogP contribution in [0.1, 0.15) is 30.5 Å². The molecule has 0 bridgehead atoms. The molecule has 0 fully saturated rings. The van der Waals surface area contributed by atoms with Crippen molar-refractivity contribution in [3.8, 4) is 0 Å². The minimum Gasteiger partial charge on any atom is -0.395 e. The summed E-state index contributed by atoms with van der Waals surface area (Å²) < 4.78 is 0. The number of benzene rings is 1. The molecule has 2 unspecified atom stereocenters. The van der Waals surface area contributed by atoms with Gasteiger partial charge in [-0.3, -0.25) is 4.90 Å². The molecule has 0 amide bonds. The fourth-order valence-corrected chi connectivity index (χ4v) is 2.11. The second-order valence-corrected chi connectivity index (χ2v) is 4.63. The fourth-order valence-electron chi connectivity index (χ4n) is 2.11. The molecule has 17 heavy (non-hydrogen) atoms. The molecule has 0 aromatic heterocycles. The molecule has 0 spiro atoms. The number of nitrogens with zero attached hydrogens (tertiary/aromatic N) is 1. The van der Waals surface area contributed by atoms with Crippen molar-refractivity contribution in [3.05, 3.63) is 35.4 Å². The van der Waals surface area contributed by atoms with Crippen molar-refractivity contribution in [1.82, 2.24) is 4.90 Å². The van der Waals surface area contributed by atoms with Gasteiger partial charge in [0.05, 0.1) is 6.61 Å². The minimum atomic E-state index is 0.0919. The van der Waals surface area contributed by atoms with Crippen LogP contribution in [-0.2, 0) is 0 Å². The SMILES string of the molecule is CCC(N)C(c1ccc(C)cc1)N(C)CCO. The van der Waals surface area contributed by atoms with Crippen LogP contribution < -0.4 is 5.73 Å². The van der Waals surface area contributed by atoms with Crippen LogP contribution >= 0.6 is 0 Å². The highest BCUT2D eigenvalue weighted by atomic mass is 16.3. The molecule has 1 rings (SSSR count). The predicted molar refractivity (Wildman–Crippen MR) is 71.9 cm³/mol. The first-order valence-corrected chi connectivity index (χ1v) is 6.23.